The highest BCUT2D eigenvalue weighted by Gasteiger charge is 2.00. The molecule has 1 aromatic heterocycles. The summed E-state index contributed by atoms with van der Waals surface area (Å²) in [4.78, 5) is 0. The van der Waals surface area contributed by atoms with Crippen LogP contribution in [0.15, 0.2) is 24.3 Å². The van der Waals surface area contributed by atoms with Gasteiger partial charge in [0.15, 0.2) is 0 Å². The molecule has 0 bridgehead atoms. The lowest BCUT2D eigenvalue weighted by molar-refractivity contribution is 0.943. The lowest BCUT2D eigenvalue weighted by Gasteiger charge is -2.04. The Labute approximate surface area is 102 Å². The third-order valence-corrected chi connectivity index (χ3v) is 3.06. The number of halogens is 1. The van der Waals surface area contributed by atoms with Gasteiger partial charge in [0.05, 0.1) is 0 Å². The highest BCUT2D eigenvalue weighted by atomic mass is 35.5. The van der Waals surface area contributed by atoms with Gasteiger partial charge in [0.2, 0.25) is 5.13 Å². The first-order chi connectivity index (χ1) is 7.74. The molecule has 0 unspecified atom stereocenters. The quantitative estimate of drug-likeness (QED) is 0.880. The Kier molecular flexibility index (Phi) is 3.58. The minimum absolute atomic E-state index is 0.515. The van der Waals surface area contributed by atoms with Crippen molar-refractivity contribution in [1.29, 1.82) is 0 Å². The second-order valence-electron chi connectivity index (χ2n) is 3.22. The summed E-state index contributed by atoms with van der Waals surface area (Å²) in [7, 11) is 0. The second-order valence-corrected chi connectivity index (χ2v) is 4.75. The highest BCUT2D eigenvalue weighted by molar-refractivity contribution is 7.15. The Balaban J connectivity index is 1.82. The van der Waals surface area contributed by atoms with E-state index in [4.69, 9.17) is 17.3 Å². The zero-order valence-electron chi connectivity index (χ0n) is 8.48. The van der Waals surface area contributed by atoms with Crippen LogP contribution in [0.25, 0.3) is 0 Å². The van der Waals surface area contributed by atoms with Crippen LogP contribution in [0.4, 0.5) is 10.8 Å². The van der Waals surface area contributed by atoms with Crippen LogP contribution in [0.1, 0.15) is 5.01 Å². The van der Waals surface area contributed by atoms with E-state index < -0.39 is 0 Å². The van der Waals surface area contributed by atoms with E-state index in [0.29, 0.717) is 5.13 Å². The molecule has 0 saturated carbocycles. The van der Waals surface area contributed by atoms with Gasteiger partial charge in [-0.05, 0) is 24.3 Å². The molecule has 1 aromatic carbocycles. The molecule has 0 amide bonds. The molecule has 0 aliphatic heterocycles. The second kappa shape index (κ2) is 5.14. The topological polar surface area (TPSA) is 63.8 Å². The number of nitrogens with two attached hydrogens (primary N) is 1. The van der Waals surface area contributed by atoms with Crippen LogP contribution in [0.2, 0.25) is 5.02 Å². The molecule has 4 nitrogen and oxygen atoms in total. The maximum Gasteiger partial charge on any atom is 0.203 e. The van der Waals surface area contributed by atoms with Gasteiger partial charge in [-0.25, -0.2) is 0 Å². The summed E-state index contributed by atoms with van der Waals surface area (Å²) in [6, 6.07) is 7.59. The van der Waals surface area contributed by atoms with E-state index in [1.165, 1.54) is 11.3 Å². The average Bonchev–Trinajstić information content (AvgIpc) is 2.67. The number of rotatable bonds is 4. The van der Waals surface area contributed by atoms with Gasteiger partial charge < -0.3 is 11.1 Å². The van der Waals surface area contributed by atoms with Crippen molar-refractivity contribution >= 4 is 33.8 Å². The van der Waals surface area contributed by atoms with Crippen molar-refractivity contribution in [1.82, 2.24) is 10.2 Å². The standard InChI is InChI=1S/C10H11ClN4S/c11-7-1-3-8(4-2-7)13-6-5-9-14-15-10(12)16-9/h1-4,13H,5-6H2,(H2,12,15). The van der Waals surface area contributed by atoms with E-state index in [1.807, 2.05) is 24.3 Å². The van der Waals surface area contributed by atoms with Crippen molar-refractivity contribution in [2.45, 2.75) is 6.42 Å². The summed E-state index contributed by atoms with van der Waals surface area (Å²) in [6.07, 6.45) is 0.817. The largest absolute Gasteiger partial charge is 0.385 e. The van der Waals surface area contributed by atoms with Crippen molar-refractivity contribution in [3.05, 3.63) is 34.3 Å². The fourth-order valence-corrected chi connectivity index (χ4v) is 1.98. The van der Waals surface area contributed by atoms with Crippen molar-refractivity contribution in [3.8, 4) is 0 Å². The molecule has 6 heteroatoms. The summed E-state index contributed by atoms with van der Waals surface area (Å²) in [5.41, 5.74) is 6.53. The monoisotopic (exact) mass is 254 g/mol. The molecule has 0 atom stereocenters. The molecule has 1 heterocycles. The van der Waals surface area contributed by atoms with Gasteiger partial charge in [-0.3, -0.25) is 0 Å². The molecular formula is C10H11ClN4S. The number of anilines is 2. The Morgan fingerprint density at radius 3 is 2.62 bits per heavy atom. The Bertz CT molecular complexity index is 454. The normalized spacial score (nSPS) is 10.3. The Morgan fingerprint density at radius 2 is 2.00 bits per heavy atom. The van der Waals surface area contributed by atoms with Crippen LogP contribution in [0.3, 0.4) is 0 Å². The van der Waals surface area contributed by atoms with Crippen molar-refractivity contribution in [2.75, 3.05) is 17.6 Å². The number of nitrogens with zero attached hydrogens (tertiary/aromatic N) is 2. The Morgan fingerprint density at radius 1 is 1.25 bits per heavy atom. The van der Waals surface area contributed by atoms with Crippen LogP contribution in [0.5, 0.6) is 0 Å². The maximum absolute atomic E-state index is 5.79. The molecule has 16 heavy (non-hydrogen) atoms. The third kappa shape index (κ3) is 3.08. The summed E-state index contributed by atoms with van der Waals surface area (Å²) in [6.45, 7) is 0.802. The zero-order chi connectivity index (χ0) is 11.4. The van der Waals surface area contributed by atoms with E-state index >= 15 is 0 Å². The van der Waals surface area contributed by atoms with E-state index in [-0.39, 0.29) is 0 Å². The van der Waals surface area contributed by atoms with E-state index in [2.05, 4.69) is 15.5 Å². The predicted molar refractivity (Wildman–Crippen MR) is 68.0 cm³/mol. The predicted octanol–water partition coefficient (Wildman–Crippen LogP) is 2.43. The first-order valence-corrected chi connectivity index (χ1v) is 6.01. The van der Waals surface area contributed by atoms with Crippen molar-refractivity contribution in [2.24, 2.45) is 0 Å². The number of hydrogen-bond donors (Lipinski definition) is 2. The molecule has 84 valence electrons. The van der Waals surface area contributed by atoms with E-state index in [9.17, 15) is 0 Å². The van der Waals surface area contributed by atoms with Crippen LogP contribution >= 0.6 is 22.9 Å². The smallest absolute Gasteiger partial charge is 0.203 e. The van der Waals surface area contributed by atoms with Crippen LogP contribution in [-0.2, 0) is 6.42 Å². The van der Waals surface area contributed by atoms with Gasteiger partial charge in [-0.2, -0.15) is 0 Å². The molecule has 2 rings (SSSR count). The molecule has 0 aliphatic rings. The van der Waals surface area contributed by atoms with Crippen molar-refractivity contribution < 1.29 is 0 Å². The first-order valence-electron chi connectivity index (χ1n) is 4.81. The molecule has 2 aromatic rings. The van der Waals surface area contributed by atoms with Gasteiger partial charge >= 0.3 is 0 Å². The summed E-state index contributed by atoms with van der Waals surface area (Å²) in [5.74, 6) is 0. The van der Waals surface area contributed by atoms with Crippen LogP contribution < -0.4 is 11.1 Å². The lowest BCUT2D eigenvalue weighted by atomic mass is 10.3. The third-order valence-electron chi connectivity index (χ3n) is 1.99. The summed E-state index contributed by atoms with van der Waals surface area (Å²) < 4.78 is 0. The zero-order valence-corrected chi connectivity index (χ0v) is 10.1. The number of nitrogen functional groups attached to an aromatic ring is 1. The number of benzene rings is 1. The maximum atomic E-state index is 5.79. The molecular weight excluding hydrogens is 244 g/mol. The molecule has 3 N–H and O–H groups in total. The van der Waals surface area contributed by atoms with Gasteiger partial charge in [-0.15, -0.1) is 10.2 Å². The van der Waals surface area contributed by atoms with Crippen molar-refractivity contribution in [3.63, 3.8) is 0 Å². The highest BCUT2D eigenvalue weighted by Crippen LogP contribution is 2.14. The number of aromatic nitrogens is 2. The number of hydrogen-bond acceptors (Lipinski definition) is 5. The van der Waals surface area contributed by atoms with Crippen LogP contribution in [-0.4, -0.2) is 16.7 Å². The van der Waals surface area contributed by atoms with Gasteiger partial charge in [-0.1, -0.05) is 22.9 Å². The van der Waals surface area contributed by atoms with E-state index in [1.54, 1.807) is 0 Å². The van der Waals surface area contributed by atoms with Gasteiger partial charge in [0.25, 0.3) is 0 Å². The van der Waals surface area contributed by atoms with Gasteiger partial charge in [0, 0.05) is 23.7 Å². The first kappa shape index (κ1) is 11.2. The molecule has 0 aliphatic carbocycles. The lowest BCUT2D eigenvalue weighted by Crippen LogP contribution is -2.04. The number of nitrogens with one attached hydrogen (secondary N) is 1. The Hall–Kier alpha value is -1.33. The van der Waals surface area contributed by atoms with Gasteiger partial charge in [0.1, 0.15) is 5.01 Å². The summed E-state index contributed by atoms with van der Waals surface area (Å²) in [5, 5.41) is 13.2. The molecule has 0 saturated heterocycles. The van der Waals surface area contributed by atoms with Crippen LogP contribution in [0, 0.1) is 0 Å². The molecule has 0 fully saturated rings. The SMILES string of the molecule is Nc1nnc(CCNc2ccc(Cl)cc2)s1. The minimum atomic E-state index is 0.515. The average molecular weight is 255 g/mol. The fourth-order valence-electron chi connectivity index (χ4n) is 1.25. The fraction of sp³-hybridized carbons (Fsp3) is 0.200. The minimum Gasteiger partial charge on any atom is -0.385 e. The summed E-state index contributed by atoms with van der Waals surface area (Å²) >= 11 is 7.21. The molecule has 0 radical (unpaired) electrons. The van der Waals surface area contributed by atoms with E-state index in [0.717, 1.165) is 28.7 Å². The molecule has 0 spiro atoms.